The molecule has 0 spiro atoms. The second-order valence-electron chi connectivity index (χ2n) is 13.8. The minimum absolute atomic E-state index is 0.124. The maximum Gasteiger partial charge on any atom is 0.0543 e. The van der Waals surface area contributed by atoms with Gasteiger partial charge in [-0.15, -0.1) is 0 Å². The van der Waals surface area contributed by atoms with Crippen LogP contribution < -0.4 is 4.90 Å². The Balaban J connectivity index is 1.21. The number of anilines is 3. The maximum absolute atomic E-state index is 2.46. The average molecular weight is 640 g/mol. The number of rotatable bonds is 6. The zero-order valence-corrected chi connectivity index (χ0v) is 28.3. The molecular weight excluding hydrogens is 603 g/mol. The van der Waals surface area contributed by atoms with Crippen LogP contribution in [0.1, 0.15) is 25.0 Å². The molecule has 50 heavy (non-hydrogen) atoms. The van der Waals surface area contributed by atoms with E-state index < -0.39 is 0 Å². The third kappa shape index (κ3) is 5.11. The van der Waals surface area contributed by atoms with Crippen molar-refractivity contribution in [3.63, 3.8) is 0 Å². The van der Waals surface area contributed by atoms with Gasteiger partial charge < -0.3 is 4.90 Å². The molecule has 0 aromatic heterocycles. The van der Waals surface area contributed by atoms with E-state index in [4.69, 9.17) is 0 Å². The molecule has 0 unspecified atom stereocenters. The van der Waals surface area contributed by atoms with Crippen LogP contribution >= 0.6 is 0 Å². The van der Waals surface area contributed by atoms with Crippen molar-refractivity contribution in [2.45, 2.75) is 19.3 Å². The standard InChI is InChI=1S/C49H37N/c1-49(2)46-20-12-11-19-43(46)45-32-44(40-26-25-35-15-9-10-16-39(35)31-40)48(33-47(45)49)50(41-17-7-4-8-18-41)42-29-27-38(28-30-42)37-23-21-36(22-24-37)34-13-5-3-6-14-34/h3-33H,1-2H3. The predicted molar refractivity (Wildman–Crippen MR) is 213 cm³/mol. The highest BCUT2D eigenvalue weighted by atomic mass is 15.1. The number of hydrogen-bond acceptors (Lipinski definition) is 1. The van der Waals surface area contributed by atoms with E-state index in [2.05, 4.69) is 207 Å². The van der Waals surface area contributed by atoms with E-state index in [1.165, 1.54) is 72.1 Å². The maximum atomic E-state index is 2.46. The van der Waals surface area contributed by atoms with E-state index >= 15 is 0 Å². The highest BCUT2D eigenvalue weighted by molar-refractivity contribution is 5.97. The largest absolute Gasteiger partial charge is 0.310 e. The van der Waals surface area contributed by atoms with Crippen molar-refractivity contribution in [3.05, 3.63) is 199 Å². The monoisotopic (exact) mass is 639 g/mol. The molecule has 0 aliphatic heterocycles. The molecule has 1 aliphatic carbocycles. The Morgan fingerprint density at radius 3 is 1.56 bits per heavy atom. The van der Waals surface area contributed by atoms with Gasteiger partial charge in [-0.05, 0) is 103 Å². The van der Waals surface area contributed by atoms with Crippen LogP contribution in [0.2, 0.25) is 0 Å². The van der Waals surface area contributed by atoms with Gasteiger partial charge in [0, 0.05) is 22.4 Å². The number of benzene rings is 8. The van der Waals surface area contributed by atoms with E-state index in [1.54, 1.807) is 0 Å². The number of fused-ring (bicyclic) bond motifs is 4. The van der Waals surface area contributed by atoms with Crippen LogP contribution in [0, 0.1) is 0 Å². The minimum Gasteiger partial charge on any atom is -0.310 e. The highest BCUT2D eigenvalue weighted by Gasteiger charge is 2.37. The first-order valence-electron chi connectivity index (χ1n) is 17.4. The lowest BCUT2D eigenvalue weighted by molar-refractivity contribution is 0.660. The SMILES string of the molecule is CC1(C)c2ccccc2-c2cc(-c3ccc4ccccc4c3)c(N(c3ccccc3)c3ccc(-c4ccc(-c5ccccc5)cc4)cc3)cc21. The zero-order chi connectivity index (χ0) is 33.7. The van der Waals surface area contributed by atoms with E-state index in [0.717, 1.165) is 11.4 Å². The fourth-order valence-corrected chi connectivity index (χ4v) is 7.80. The van der Waals surface area contributed by atoms with Crippen molar-refractivity contribution in [3.8, 4) is 44.5 Å². The zero-order valence-electron chi connectivity index (χ0n) is 28.3. The van der Waals surface area contributed by atoms with Crippen molar-refractivity contribution >= 4 is 27.8 Å². The third-order valence-corrected chi connectivity index (χ3v) is 10.5. The minimum atomic E-state index is -0.124. The van der Waals surface area contributed by atoms with Crippen LogP contribution in [-0.4, -0.2) is 0 Å². The molecule has 0 bridgehead atoms. The lowest BCUT2D eigenvalue weighted by Gasteiger charge is -2.30. The molecule has 0 atom stereocenters. The molecule has 0 saturated heterocycles. The van der Waals surface area contributed by atoms with Crippen LogP contribution in [0.25, 0.3) is 55.3 Å². The van der Waals surface area contributed by atoms with Gasteiger partial charge in [0.25, 0.3) is 0 Å². The van der Waals surface area contributed by atoms with Crippen LogP contribution in [0.15, 0.2) is 188 Å². The highest BCUT2D eigenvalue weighted by Crippen LogP contribution is 2.53. The summed E-state index contributed by atoms with van der Waals surface area (Å²) < 4.78 is 0. The van der Waals surface area contributed by atoms with Crippen molar-refractivity contribution in [1.82, 2.24) is 0 Å². The van der Waals surface area contributed by atoms with Gasteiger partial charge in [-0.1, -0.05) is 159 Å². The molecule has 1 nitrogen and oxygen atoms in total. The molecule has 0 amide bonds. The van der Waals surface area contributed by atoms with Crippen molar-refractivity contribution < 1.29 is 0 Å². The van der Waals surface area contributed by atoms with E-state index in [1.807, 2.05) is 0 Å². The van der Waals surface area contributed by atoms with Crippen molar-refractivity contribution in [2.24, 2.45) is 0 Å². The van der Waals surface area contributed by atoms with Crippen LogP contribution in [0.3, 0.4) is 0 Å². The first-order valence-corrected chi connectivity index (χ1v) is 17.4. The Bertz CT molecular complexity index is 2470. The number of hydrogen-bond donors (Lipinski definition) is 0. The predicted octanol–water partition coefficient (Wildman–Crippen LogP) is 13.6. The third-order valence-electron chi connectivity index (χ3n) is 10.5. The van der Waals surface area contributed by atoms with Gasteiger partial charge in [0.15, 0.2) is 0 Å². The second-order valence-corrected chi connectivity index (χ2v) is 13.8. The summed E-state index contributed by atoms with van der Waals surface area (Å²) in [7, 11) is 0. The van der Waals surface area contributed by atoms with Gasteiger partial charge in [0.1, 0.15) is 0 Å². The van der Waals surface area contributed by atoms with Gasteiger partial charge in [0.2, 0.25) is 0 Å². The molecule has 8 aromatic rings. The first kappa shape index (κ1) is 29.9. The Kier molecular flexibility index (Phi) is 7.21. The number of nitrogens with zero attached hydrogens (tertiary/aromatic N) is 1. The molecule has 0 heterocycles. The topological polar surface area (TPSA) is 3.24 Å². The van der Waals surface area contributed by atoms with Gasteiger partial charge in [-0.25, -0.2) is 0 Å². The summed E-state index contributed by atoms with van der Waals surface area (Å²) in [5.74, 6) is 0. The second kappa shape index (κ2) is 12.1. The van der Waals surface area contributed by atoms with Crippen molar-refractivity contribution in [2.75, 3.05) is 4.90 Å². The van der Waals surface area contributed by atoms with Gasteiger partial charge >= 0.3 is 0 Å². The fourth-order valence-electron chi connectivity index (χ4n) is 7.80. The van der Waals surface area contributed by atoms with E-state index in [-0.39, 0.29) is 5.41 Å². The van der Waals surface area contributed by atoms with Gasteiger partial charge in [0.05, 0.1) is 5.69 Å². The van der Waals surface area contributed by atoms with Crippen LogP contribution in [-0.2, 0) is 5.41 Å². The smallest absolute Gasteiger partial charge is 0.0543 e. The van der Waals surface area contributed by atoms with Gasteiger partial charge in [-0.2, -0.15) is 0 Å². The lowest BCUT2D eigenvalue weighted by Crippen LogP contribution is -2.17. The quantitative estimate of drug-likeness (QED) is 0.175. The summed E-state index contributed by atoms with van der Waals surface area (Å²) in [5, 5.41) is 2.49. The molecule has 1 heteroatoms. The van der Waals surface area contributed by atoms with Crippen LogP contribution in [0.5, 0.6) is 0 Å². The normalized spacial score (nSPS) is 12.8. The average Bonchev–Trinajstić information content (AvgIpc) is 3.41. The molecular formula is C49H37N. The molecule has 238 valence electrons. The summed E-state index contributed by atoms with van der Waals surface area (Å²) in [4.78, 5) is 2.44. The van der Waals surface area contributed by atoms with Crippen LogP contribution in [0.4, 0.5) is 17.1 Å². The molecule has 9 rings (SSSR count). The Morgan fingerprint density at radius 2 is 0.860 bits per heavy atom. The summed E-state index contributed by atoms with van der Waals surface area (Å²) >= 11 is 0. The molecule has 0 saturated carbocycles. The molecule has 0 N–H and O–H groups in total. The first-order chi connectivity index (χ1) is 24.5. The Morgan fingerprint density at radius 1 is 0.340 bits per heavy atom. The molecule has 8 aromatic carbocycles. The lowest BCUT2D eigenvalue weighted by atomic mass is 9.81. The summed E-state index contributed by atoms with van der Waals surface area (Å²) in [6.45, 7) is 4.73. The van der Waals surface area contributed by atoms with Gasteiger partial charge in [-0.3, -0.25) is 0 Å². The molecule has 1 aliphatic rings. The van der Waals surface area contributed by atoms with Crippen molar-refractivity contribution in [1.29, 1.82) is 0 Å². The van der Waals surface area contributed by atoms with E-state index in [9.17, 15) is 0 Å². The summed E-state index contributed by atoms with van der Waals surface area (Å²) in [5.41, 5.74) is 16.0. The summed E-state index contributed by atoms with van der Waals surface area (Å²) in [6, 6.07) is 68.6. The summed E-state index contributed by atoms with van der Waals surface area (Å²) in [6.07, 6.45) is 0. The Hall–Kier alpha value is -6.18. The Labute approximate surface area is 294 Å². The fraction of sp³-hybridized carbons (Fsp3) is 0.0612. The molecule has 0 radical (unpaired) electrons. The molecule has 0 fully saturated rings. The van der Waals surface area contributed by atoms with E-state index in [0.29, 0.717) is 0 Å². The number of para-hydroxylation sites is 1.